The molecule has 1 aromatic heterocycles. The summed E-state index contributed by atoms with van der Waals surface area (Å²) in [5, 5.41) is 15.9. The quantitative estimate of drug-likeness (QED) is 0.663. The molecular formula is C16H17N5O3. The summed E-state index contributed by atoms with van der Waals surface area (Å²) >= 11 is 0. The lowest BCUT2D eigenvalue weighted by Crippen LogP contribution is -2.21. The summed E-state index contributed by atoms with van der Waals surface area (Å²) in [6.45, 7) is 2.03. The fourth-order valence-corrected chi connectivity index (χ4v) is 2.55. The number of hydrogen-bond donors (Lipinski definition) is 2. The molecule has 0 saturated carbocycles. The standard InChI is InChI=1S/C16H17N5O3/c22-16(18-12-3-6-14(7-4-12)21(23)24)19-13-5-8-15(17-11-13)20-9-1-2-10-20/h3-8,11H,1-2,9-10H2,(H2,18,19,22). The Bertz CT molecular complexity index is 724. The molecule has 2 aromatic rings. The first-order valence-corrected chi connectivity index (χ1v) is 7.65. The lowest BCUT2D eigenvalue weighted by Gasteiger charge is -2.16. The molecule has 0 radical (unpaired) electrons. The van der Waals surface area contributed by atoms with Crippen molar-refractivity contribution in [3.05, 3.63) is 52.7 Å². The number of non-ortho nitro benzene ring substituents is 1. The largest absolute Gasteiger partial charge is 0.357 e. The fourth-order valence-electron chi connectivity index (χ4n) is 2.55. The van der Waals surface area contributed by atoms with Gasteiger partial charge in [0.2, 0.25) is 0 Å². The maximum Gasteiger partial charge on any atom is 0.323 e. The normalized spacial score (nSPS) is 13.6. The van der Waals surface area contributed by atoms with Gasteiger partial charge in [-0.3, -0.25) is 10.1 Å². The van der Waals surface area contributed by atoms with E-state index in [2.05, 4.69) is 20.5 Å². The average Bonchev–Trinajstić information content (AvgIpc) is 3.10. The minimum atomic E-state index is -0.489. The zero-order valence-electron chi connectivity index (χ0n) is 12.9. The minimum absolute atomic E-state index is 0.0253. The van der Waals surface area contributed by atoms with Crippen molar-refractivity contribution in [3.8, 4) is 0 Å². The highest BCUT2D eigenvalue weighted by molar-refractivity contribution is 5.99. The van der Waals surface area contributed by atoms with Gasteiger partial charge in [0.05, 0.1) is 16.8 Å². The van der Waals surface area contributed by atoms with Crippen molar-refractivity contribution in [2.75, 3.05) is 28.6 Å². The molecule has 0 atom stereocenters. The minimum Gasteiger partial charge on any atom is -0.357 e. The van der Waals surface area contributed by atoms with Crippen LogP contribution in [0.2, 0.25) is 0 Å². The Hall–Kier alpha value is -3.16. The Balaban J connectivity index is 1.57. The van der Waals surface area contributed by atoms with E-state index in [9.17, 15) is 14.9 Å². The van der Waals surface area contributed by atoms with E-state index in [1.807, 2.05) is 6.07 Å². The molecule has 1 aromatic carbocycles. The molecule has 2 N–H and O–H groups in total. The molecule has 8 nitrogen and oxygen atoms in total. The Kier molecular flexibility index (Phi) is 4.55. The van der Waals surface area contributed by atoms with Crippen LogP contribution in [0.3, 0.4) is 0 Å². The summed E-state index contributed by atoms with van der Waals surface area (Å²) in [7, 11) is 0. The molecule has 0 aliphatic carbocycles. The van der Waals surface area contributed by atoms with Crippen LogP contribution in [-0.4, -0.2) is 29.0 Å². The molecule has 1 saturated heterocycles. The van der Waals surface area contributed by atoms with Crippen molar-refractivity contribution in [2.45, 2.75) is 12.8 Å². The number of nitrogens with zero attached hydrogens (tertiary/aromatic N) is 3. The Labute approximate surface area is 138 Å². The Morgan fingerprint density at radius 2 is 1.67 bits per heavy atom. The average molecular weight is 327 g/mol. The van der Waals surface area contributed by atoms with Gasteiger partial charge in [-0.15, -0.1) is 0 Å². The number of pyridine rings is 1. The van der Waals surface area contributed by atoms with Crippen LogP contribution >= 0.6 is 0 Å². The van der Waals surface area contributed by atoms with Crippen molar-refractivity contribution < 1.29 is 9.72 Å². The van der Waals surface area contributed by atoms with E-state index in [0.717, 1.165) is 18.9 Å². The number of amides is 2. The summed E-state index contributed by atoms with van der Waals surface area (Å²) < 4.78 is 0. The number of carbonyl (C=O) groups is 1. The number of rotatable bonds is 4. The zero-order valence-corrected chi connectivity index (χ0v) is 12.9. The lowest BCUT2D eigenvalue weighted by atomic mass is 10.3. The number of benzene rings is 1. The SMILES string of the molecule is O=C(Nc1ccc([N+](=O)[O-])cc1)Nc1ccc(N2CCCC2)nc1. The number of hydrogen-bond acceptors (Lipinski definition) is 5. The van der Waals surface area contributed by atoms with Crippen LogP contribution in [0.1, 0.15) is 12.8 Å². The third kappa shape index (κ3) is 3.78. The summed E-state index contributed by atoms with van der Waals surface area (Å²) in [5.41, 5.74) is 1.03. The highest BCUT2D eigenvalue weighted by Crippen LogP contribution is 2.19. The molecule has 24 heavy (non-hydrogen) atoms. The molecule has 8 heteroatoms. The number of urea groups is 1. The number of nitro groups is 1. The van der Waals surface area contributed by atoms with Crippen LogP contribution in [0.4, 0.5) is 27.7 Å². The second-order valence-electron chi connectivity index (χ2n) is 5.48. The lowest BCUT2D eigenvalue weighted by molar-refractivity contribution is -0.384. The van der Waals surface area contributed by atoms with Gasteiger partial charge in [0, 0.05) is 30.9 Å². The number of nitro benzene ring substituents is 1. The van der Waals surface area contributed by atoms with Gasteiger partial charge in [-0.25, -0.2) is 9.78 Å². The maximum atomic E-state index is 11.9. The monoisotopic (exact) mass is 327 g/mol. The number of carbonyl (C=O) groups excluding carboxylic acids is 1. The Morgan fingerprint density at radius 3 is 2.25 bits per heavy atom. The van der Waals surface area contributed by atoms with Gasteiger partial charge in [-0.1, -0.05) is 0 Å². The van der Waals surface area contributed by atoms with Crippen molar-refractivity contribution >= 4 is 28.9 Å². The highest BCUT2D eigenvalue weighted by atomic mass is 16.6. The van der Waals surface area contributed by atoms with Gasteiger partial charge in [0.1, 0.15) is 5.82 Å². The molecule has 124 valence electrons. The first-order valence-electron chi connectivity index (χ1n) is 7.65. The molecule has 1 aliphatic rings. The fraction of sp³-hybridized carbons (Fsp3) is 0.250. The third-order valence-electron chi connectivity index (χ3n) is 3.77. The van der Waals surface area contributed by atoms with Crippen molar-refractivity contribution in [1.82, 2.24) is 4.98 Å². The molecule has 0 spiro atoms. The smallest absolute Gasteiger partial charge is 0.323 e. The van der Waals surface area contributed by atoms with Gasteiger partial charge in [-0.2, -0.15) is 0 Å². The molecule has 2 heterocycles. The second kappa shape index (κ2) is 6.95. The van der Waals surface area contributed by atoms with E-state index in [1.165, 1.54) is 37.1 Å². The first kappa shape index (κ1) is 15.7. The molecule has 1 fully saturated rings. The van der Waals surface area contributed by atoms with Gasteiger partial charge < -0.3 is 15.5 Å². The van der Waals surface area contributed by atoms with Crippen LogP contribution in [0.25, 0.3) is 0 Å². The van der Waals surface area contributed by atoms with Crippen LogP contribution in [-0.2, 0) is 0 Å². The van der Waals surface area contributed by atoms with Gasteiger partial charge in [0.25, 0.3) is 5.69 Å². The molecule has 1 aliphatic heterocycles. The molecule has 0 bridgehead atoms. The van der Waals surface area contributed by atoms with Crippen LogP contribution in [0.15, 0.2) is 42.6 Å². The summed E-state index contributed by atoms with van der Waals surface area (Å²) in [5.74, 6) is 0.911. The summed E-state index contributed by atoms with van der Waals surface area (Å²) in [4.78, 5) is 28.6. The van der Waals surface area contributed by atoms with Gasteiger partial charge >= 0.3 is 6.03 Å². The highest BCUT2D eigenvalue weighted by Gasteiger charge is 2.13. The van der Waals surface area contributed by atoms with E-state index in [-0.39, 0.29) is 5.69 Å². The molecule has 3 rings (SSSR count). The van der Waals surface area contributed by atoms with Gasteiger partial charge in [-0.05, 0) is 37.1 Å². The van der Waals surface area contributed by atoms with E-state index < -0.39 is 11.0 Å². The first-order chi connectivity index (χ1) is 11.6. The van der Waals surface area contributed by atoms with Crippen LogP contribution < -0.4 is 15.5 Å². The summed E-state index contributed by atoms with van der Waals surface area (Å²) in [6, 6.07) is 8.88. The molecular weight excluding hydrogens is 310 g/mol. The number of anilines is 3. The number of nitrogens with one attached hydrogen (secondary N) is 2. The van der Waals surface area contributed by atoms with Crippen molar-refractivity contribution in [2.24, 2.45) is 0 Å². The molecule has 0 unspecified atom stereocenters. The van der Waals surface area contributed by atoms with Gasteiger partial charge in [0.15, 0.2) is 0 Å². The van der Waals surface area contributed by atoms with E-state index in [0.29, 0.717) is 11.4 Å². The van der Waals surface area contributed by atoms with Crippen LogP contribution in [0.5, 0.6) is 0 Å². The Morgan fingerprint density at radius 1 is 1.04 bits per heavy atom. The zero-order chi connectivity index (χ0) is 16.9. The number of aromatic nitrogens is 1. The van der Waals surface area contributed by atoms with E-state index in [1.54, 1.807) is 12.3 Å². The van der Waals surface area contributed by atoms with Crippen molar-refractivity contribution in [3.63, 3.8) is 0 Å². The maximum absolute atomic E-state index is 11.9. The predicted octanol–water partition coefficient (Wildman–Crippen LogP) is 3.23. The van der Waals surface area contributed by atoms with E-state index >= 15 is 0 Å². The van der Waals surface area contributed by atoms with E-state index in [4.69, 9.17) is 0 Å². The predicted molar refractivity (Wildman–Crippen MR) is 91.4 cm³/mol. The molecule has 2 amide bonds. The third-order valence-corrected chi connectivity index (χ3v) is 3.77. The van der Waals surface area contributed by atoms with Crippen molar-refractivity contribution in [1.29, 1.82) is 0 Å². The van der Waals surface area contributed by atoms with Crippen LogP contribution in [0, 0.1) is 10.1 Å². The second-order valence-corrected chi connectivity index (χ2v) is 5.48. The summed E-state index contributed by atoms with van der Waals surface area (Å²) in [6.07, 6.45) is 3.97. The topological polar surface area (TPSA) is 100 Å².